The van der Waals surface area contributed by atoms with Gasteiger partial charge in [0, 0.05) is 17.8 Å². The molecular weight excluding hydrogens is 202 g/mol. The lowest BCUT2D eigenvalue weighted by atomic mass is 9.95. The highest BCUT2D eigenvalue weighted by molar-refractivity contribution is 5.37. The second kappa shape index (κ2) is 3.49. The SMILES string of the molecule is Cc1n[nH]c(C)c1C1NCCc2ccoc21. The second-order valence-electron chi connectivity index (χ2n) is 4.29. The van der Waals surface area contributed by atoms with Gasteiger partial charge in [0.1, 0.15) is 5.76 Å². The number of rotatable bonds is 1. The standard InChI is InChI=1S/C12H15N3O/c1-7-10(8(2)15-14-7)11-12-9(3-5-13-11)4-6-16-12/h4,6,11,13H,3,5H2,1-2H3,(H,14,15). The average Bonchev–Trinajstić information content (AvgIpc) is 2.86. The predicted octanol–water partition coefficient (Wildman–Crippen LogP) is 1.85. The molecule has 0 radical (unpaired) electrons. The summed E-state index contributed by atoms with van der Waals surface area (Å²) in [5.41, 5.74) is 4.68. The van der Waals surface area contributed by atoms with Crippen LogP contribution in [-0.2, 0) is 6.42 Å². The molecule has 2 N–H and O–H groups in total. The summed E-state index contributed by atoms with van der Waals surface area (Å²) < 4.78 is 5.60. The number of hydrogen-bond acceptors (Lipinski definition) is 3. The molecule has 2 aromatic rings. The van der Waals surface area contributed by atoms with E-state index in [0.717, 1.165) is 30.1 Å². The van der Waals surface area contributed by atoms with E-state index in [-0.39, 0.29) is 6.04 Å². The first-order chi connectivity index (χ1) is 7.77. The van der Waals surface area contributed by atoms with Crippen LogP contribution in [0.4, 0.5) is 0 Å². The lowest BCUT2D eigenvalue weighted by Gasteiger charge is -2.23. The van der Waals surface area contributed by atoms with Crippen LogP contribution in [0.15, 0.2) is 16.7 Å². The van der Waals surface area contributed by atoms with Crippen LogP contribution in [0.25, 0.3) is 0 Å². The van der Waals surface area contributed by atoms with E-state index in [1.807, 2.05) is 13.8 Å². The van der Waals surface area contributed by atoms with Crippen LogP contribution in [0.3, 0.4) is 0 Å². The molecule has 0 amide bonds. The van der Waals surface area contributed by atoms with Gasteiger partial charge in [0.05, 0.1) is 18.0 Å². The molecular formula is C12H15N3O. The van der Waals surface area contributed by atoms with Crippen LogP contribution in [0, 0.1) is 13.8 Å². The molecule has 4 nitrogen and oxygen atoms in total. The Bertz CT molecular complexity index is 493. The highest BCUT2D eigenvalue weighted by Gasteiger charge is 2.27. The van der Waals surface area contributed by atoms with E-state index >= 15 is 0 Å². The summed E-state index contributed by atoms with van der Waals surface area (Å²) in [5, 5.41) is 10.8. The second-order valence-corrected chi connectivity index (χ2v) is 4.29. The summed E-state index contributed by atoms with van der Waals surface area (Å²) in [5.74, 6) is 1.04. The zero-order chi connectivity index (χ0) is 11.1. The Hall–Kier alpha value is -1.55. The molecule has 0 aliphatic carbocycles. The molecule has 1 atom stereocenters. The van der Waals surface area contributed by atoms with Crippen molar-refractivity contribution in [3.63, 3.8) is 0 Å². The fourth-order valence-electron chi connectivity index (χ4n) is 2.47. The van der Waals surface area contributed by atoms with Gasteiger partial charge in [-0.1, -0.05) is 0 Å². The van der Waals surface area contributed by atoms with Gasteiger partial charge in [0.2, 0.25) is 0 Å². The highest BCUT2D eigenvalue weighted by atomic mass is 16.3. The molecule has 3 heterocycles. The number of H-pyrrole nitrogens is 1. The molecule has 4 heteroatoms. The van der Waals surface area contributed by atoms with Crippen molar-refractivity contribution < 1.29 is 4.42 Å². The van der Waals surface area contributed by atoms with Gasteiger partial charge in [0.15, 0.2) is 0 Å². The minimum atomic E-state index is 0.150. The topological polar surface area (TPSA) is 53.9 Å². The molecule has 1 unspecified atom stereocenters. The maximum Gasteiger partial charge on any atom is 0.128 e. The normalized spacial score (nSPS) is 19.8. The largest absolute Gasteiger partial charge is 0.467 e. The number of aryl methyl sites for hydroxylation is 2. The van der Waals surface area contributed by atoms with Crippen LogP contribution in [-0.4, -0.2) is 16.7 Å². The first-order valence-electron chi connectivity index (χ1n) is 5.58. The number of nitrogens with zero attached hydrogens (tertiary/aromatic N) is 1. The van der Waals surface area contributed by atoms with Gasteiger partial charge in [-0.2, -0.15) is 5.10 Å². The van der Waals surface area contributed by atoms with Crippen molar-refractivity contribution in [2.24, 2.45) is 0 Å². The van der Waals surface area contributed by atoms with Crippen molar-refractivity contribution in [2.75, 3.05) is 6.54 Å². The van der Waals surface area contributed by atoms with E-state index in [1.165, 1.54) is 11.1 Å². The highest BCUT2D eigenvalue weighted by Crippen LogP contribution is 2.31. The summed E-state index contributed by atoms with van der Waals surface area (Å²) in [4.78, 5) is 0. The fraction of sp³-hybridized carbons (Fsp3) is 0.417. The van der Waals surface area contributed by atoms with Gasteiger partial charge in [-0.25, -0.2) is 0 Å². The Morgan fingerprint density at radius 2 is 2.31 bits per heavy atom. The van der Waals surface area contributed by atoms with Crippen molar-refractivity contribution in [1.29, 1.82) is 0 Å². The number of aromatic amines is 1. The molecule has 16 heavy (non-hydrogen) atoms. The Kier molecular flexibility index (Phi) is 2.11. The predicted molar refractivity (Wildman–Crippen MR) is 60.3 cm³/mol. The third-order valence-electron chi connectivity index (χ3n) is 3.26. The van der Waals surface area contributed by atoms with E-state index < -0.39 is 0 Å². The van der Waals surface area contributed by atoms with Crippen LogP contribution >= 0.6 is 0 Å². The Morgan fingerprint density at radius 3 is 3.06 bits per heavy atom. The van der Waals surface area contributed by atoms with Crippen LogP contribution in [0.1, 0.15) is 34.3 Å². The number of fused-ring (bicyclic) bond motifs is 1. The van der Waals surface area contributed by atoms with E-state index in [9.17, 15) is 0 Å². The summed E-state index contributed by atoms with van der Waals surface area (Å²) in [7, 11) is 0. The lowest BCUT2D eigenvalue weighted by molar-refractivity contribution is 0.423. The molecule has 1 aliphatic rings. The smallest absolute Gasteiger partial charge is 0.128 e. The van der Waals surface area contributed by atoms with Crippen LogP contribution in [0.5, 0.6) is 0 Å². The summed E-state index contributed by atoms with van der Waals surface area (Å²) in [6, 6.07) is 2.21. The molecule has 0 spiro atoms. The first kappa shape index (κ1) is 9.66. The maximum atomic E-state index is 5.60. The van der Waals surface area contributed by atoms with Gasteiger partial charge in [-0.05, 0) is 31.9 Å². The Morgan fingerprint density at radius 1 is 1.44 bits per heavy atom. The van der Waals surface area contributed by atoms with E-state index in [2.05, 4.69) is 21.6 Å². The maximum absolute atomic E-state index is 5.60. The number of nitrogens with one attached hydrogen (secondary N) is 2. The quantitative estimate of drug-likeness (QED) is 0.766. The molecule has 1 aliphatic heterocycles. The molecule has 0 fully saturated rings. The van der Waals surface area contributed by atoms with E-state index in [0.29, 0.717) is 0 Å². The van der Waals surface area contributed by atoms with Crippen molar-refractivity contribution >= 4 is 0 Å². The number of furan rings is 1. The molecule has 3 rings (SSSR count). The molecule has 0 saturated heterocycles. The van der Waals surface area contributed by atoms with Gasteiger partial charge in [-0.3, -0.25) is 5.10 Å². The zero-order valence-electron chi connectivity index (χ0n) is 9.50. The first-order valence-corrected chi connectivity index (χ1v) is 5.58. The van der Waals surface area contributed by atoms with Crippen molar-refractivity contribution in [3.8, 4) is 0 Å². The van der Waals surface area contributed by atoms with Gasteiger partial charge in [0.25, 0.3) is 0 Å². The van der Waals surface area contributed by atoms with E-state index in [1.54, 1.807) is 6.26 Å². The van der Waals surface area contributed by atoms with Gasteiger partial charge in [-0.15, -0.1) is 0 Å². The number of aromatic nitrogens is 2. The van der Waals surface area contributed by atoms with Crippen LogP contribution < -0.4 is 5.32 Å². The van der Waals surface area contributed by atoms with Crippen molar-refractivity contribution in [3.05, 3.63) is 40.6 Å². The van der Waals surface area contributed by atoms with Crippen LogP contribution in [0.2, 0.25) is 0 Å². The third-order valence-corrected chi connectivity index (χ3v) is 3.26. The summed E-state index contributed by atoms with van der Waals surface area (Å²) in [6.07, 6.45) is 2.81. The Balaban J connectivity index is 2.10. The zero-order valence-corrected chi connectivity index (χ0v) is 9.50. The molecule has 0 aromatic carbocycles. The molecule has 2 aromatic heterocycles. The minimum absolute atomic E-state index is 0.150. The average molecular weight is 217 g/mol. The lowest BCUT2D eigenvalue weighted by Crippen LogP contribution is -2.30. The summed E-state index contributed by atoms with van der Waals surface area (Å²) in [6.45, 7) is 5.06. The molecule has 0 saturated carbocycles. The van der Waals surface area contributed by atoms with E-state index in [4.69, 9.17) is 4.42 Å². The van der Waals surface area contributed by atoms with Crippen molar-refractivity contribution in [2.45, 2.75) is 26.3 Å². The molecule has 84 valence electrons. The third kappa shape index (κ3) is 1.30. The molecule has 0 bridgehead atoms. The summed E-state index contributed by atoms with van der Waals surface area (Å²) >= 11 is 0. The fourth-order valence-corrected chi connectivity index (χ4v) is 2.47. The number of hydrogen-bond donors (Lipinski definition) is 2. The van der Waals surface area contributed by atoms with Crippen molar-refractivity contribution in [1.82, 2.24) is 15.5 Å². The van der Waals surface area contributed by atoms with Gasteiger partial charge < -0.3 is 9.73 Å². The monoisotopic (exact) mass is 217 g/mol. The Labute approximate surface area is 94.0 Å². The van der Waals surface area contributed by atoms with Gasteiger partial charge >= 0.3 is 0 Å². The minimum Gasteiger partial charge on any atom is -0.467 e.